The SMILES string of the molecule is CCCOc1ccc2c(c1)n(CCN)c(=O)n2C(=O)[C@@H]1C[C@H](C)CC[C@H]1C(C)C.S. The molecule has 0 radical (unpaired) electrons. The molecule has 3 atom stereocenters. The van der Waals surface area contributed by atoms with Crippen LogP contribution in [0.5, 0.6) is 5.75 Å². The molecule has 6 nitrogen and oxygen atoms in total. The van der Waals surface area contributed by atoms with Crippen LogP contribution in [0.4, 0.5) is 0 Å². The number of carbonyl (C=O) groups excluding carboxylic acids is 1. The Kier molecular flexibility index (Phi) is 8.62. The van der Waals surface area contributed by atoms with Gasteiger partial charge in [0, 0.05) is 25.1 Å². The standard InChI is InChI=1S/C23H35N3O3.H2S/c1-5-12-29-17-7-9-20-21(14-17)25(11-10-24)23(28)26(20)22(27)19-13-16(4)6-8-18(19)15(2)3;/h7,9,14-16,18-19H,5-6,8,10-13,24H2,1-4H3;1H2/t16-,18+,19-;/m1./s1. The quantitative estimate of drug-likeness (QED) is 0.713. The number of aromatic nitrogens is 2. The van der Waals surface area contributed by atoms with Crippen LogP contribution in [0.25, 0.3) is 11.0 Å². The third-order valence-corrected chi connectivity index (χ3v) is 6.29. The Labute approximate surface area is 186 Å². The van der Waals surface area contributed by atoms with Crippen molar-refractivity contribution < 1.29 is 9.53 Å². The first-order chi connectivity index (χ1) is 13.9. The van der Waals surface area contributed by atoms with E-state index in [0.717, 1.165) is 25.7 Å². The van der Waals surface area contributed by atoms with E-state index in [0.29, 0.717) is 54.2 Å². The van der Waals surface area contributed by atoms with Crippen LogP contribution in [0.2, 0.25) is 0 Å². The average Bonchev–Trinajstić information content (AvgIpc) is 2.97. The Morgan fingerprint density at radius 3 is 2.63 bits per heavy atom. The number of hydrogen-bond donors (Lipinski definition) is 1. The monoisotopic (exact) mass is 435 g/mol. The third kappa shape index (κ3) is 4.78. The van der Waals surface area contributed by atoms with Gasteiger partial charge < -0.3 is 10.5 Å². The van der Waals surface area contributed by atoms with Crippen LogP contribution in [0.1, 0.15) is 58.2 Å². The van der Waals surface area contributed by atoms with Gasteiger partial charge in [-0.1, -0.05) is 34.1 Å². The first-order valence-corrected chi connectivity index (χ1v) is 11.0. The van der Waals surface area contributed by atoms with Gasteiger partial charge in [-0.15, -0.1) is 0 Å². The maximum Gasteiger partial charge on any atom is 0.336 e. The van der Waals surface area contributed by atoms with Crippen LogP contribution < -0.4 is 16.2 Å². The van der Waals surface area contributed by atoms with Crippen molar-refractivity contribution in [2.75, 3.05) is 13.2 Å². The predicted octanol–water partition coefficient (Wildman–Crippen LogP) is 4.01. The summed E-state index contributed by atoms with van der Waals surface area (Å²) in [7, 11) is 0. The van der Waals surface area contributed by atoms with E-state index in [2.05, 4.69) is 20.8 Å². The molecule has 7 heteroatoms. The minimum Gasteiger partial charge on any atom is -0.494 e. The molecule has 3 rings (SSSR count). The molecule has 1 aliphatic rings. The molecule has 0 saturated heterocycles. The van der Waals surface area contributed by atoms with E-state index in [-0.39, 0.29) is 31.0 Å². The van der Waals surface area contributed by atoms with Gasteiger partial charge in [0.15, 0.2) is 0 Å². The average molecular weight is 436 g/mol. The second-order valence-electron chi connectivity index (χ2n) is 8.83. The molecular weight excluding hydrogens is 398 g/mol. The maximum atomic E-state index is 13.7. The second kappa shape index (κ2) is 10.5. The van der Waals surface area contributed by atoms with Crippen LogP contribution in [-0.4, -0.2) is 28.2 Å². The molecule has 2 aromatic rings. The van der Waals surface area contributed by atoms with Gasteiger partial charge in [0.2, 0.25) is 5.91 Å². The van der Waals surface area contributed by atoms with E-state index in [1.165, 1.54) is 4.57 Å². The van der Waals surface area contributed by atoms with Crippen LogP contribution in [0, 0.1) is 23.7 Å². The number of ether oxygens (including phenoxy) is 1. The molecule has 1 heterocycles. The largest absolute Gasteiger partial charge is 0.494 e. The summed E-state index contributed by atoms with van der Waals surface area (Å²) in [6.07, 6.45) is 3.94. The Morgan fingerprint density at radius 2 is 2.00 bits per heavy atom. The minimum absolute atomic E-state index is 0. The van der Waals surface area contributed by atoms with Crippen molar-refractivity contribution in [1.29, 1.82) is 0 Å². The molecule has 0 unspecified atom stereocenters. The van der Waals surface area contributed by atoms with Crippen molar-refractivity contribution in [2.24, 2.45) is 29.4 Å². The molecule has 0 spiro atoms. The topological polar surface area (TPSA) is 79.2 Å². The van der Waals surface area contributed by atoms with Gasteiger partial charge in [0.1, 0.15) is 5.75 Å². The second-order valence-corrected chi connectivity index (χ2v) is 8.83. The lowest BCUT2D eigenvalue weighted by Gasteiger charge is -2.36. The summed E-state index contributed by atoms with van der Waals surface area (Å²) in [5, 5.41) is 0. The Morgan fingerprint density at radius 1 is 1.27 bits per heavy atom. The summed E-state index contributed by atoms with van der Waals surface area (Å²) in [6.45, 7) is 9.94. The summed E-state index contributed by atoms with van der Waals surface area (Å²) in [6, 6.07) is 5.54. The van der Waals surface area contributed by atoms with E-state index < -0.39 is 0 Å². The summed E-state index contributed by atoms with van der Waals surface area (Å²) < 4.78 is 8.75. The van der Waals surface area contributed by atoms with Crippen LogP contribution in [-0.2, 0) is 6.54 Å². The lowest BCUT2D eigenvalue weighted by atomic mass is 9.69. The van der Waals surface area contributed by atoms with E-state index in [1.54, 1.807) is 4.57 Å². The fraction of sp³-hybridized carbons (Fsp3) is 0.652. The first-order valence-electron chi connectivity index (χ1n) is 11.0. The summed E-state index contributed by atoms with van der Waals surface area (Å²) in [4.78, 5) is 26.9. The number of benzene rings is 1. The molecule has 1 aliphatic carbocycles. The molecule has 1 fully saturated rings. The van der Waals surface area contributed by atoms with Crippen LogP contribution in [0.3, 0.4) is 0 Å². The molecule has 0 aliphatic heterocycles. The minimum atomic E-state index is -0.288. The van der Waals surface area contributed by atoms with Gasteiger partial charge in [0.05, 0.1) is 17.6 Å². The highest BCUT2D eigenvalue weighted by Gasteiger charge is 2.37. The van der Waals surface area contributed by atoms with E-state index >= 15 is 0 Å². The van der Waals surface area contributed by atoms with E-state index in [9.17, 15) is 9.59 Å². The molecule has 1 aromatic carbocycles. The van der Waals surface area contributed by atoms with Gasteiger partial charge >= 0.3 is 5.69 Å². The number of nitrogens with zero attached hydrogens (tertiary/aromatic N) is 2. The zero-order valence-corrected chi connectivity index (χ0v) is 19.7. The van der Waals surface area contributed by atoms with Crippen molar-refractivity contribution in [3.05, 3.63) is 28.7 Å². The van der Waals surface area contributed by atoms with Crippen molar-refractivity contribution in [3.8, 4) is 5.75 Å². The van der Waals surface area contributed by atoms with Crippen molar-refractivity contribution >= 4 is 30.4 Å². The molecule has 0 amide bonds. The molecular formula is C23H37N3O3S. The fourth-order valence-corrected chi connectivity index (χ4v) is 4.76. The number of nitrogens with two attached hydrogens (primary N) is 1. The lowest BCUT2D eigenvalue weighted by Crippen LogP contribution is -2.40. The molecule has 1 saturated carbocycles. The summed E-state index contributed by atoms with van der Waals surface area (Å²) >= 11 is 0. The molecule has 0 bridgehead atoms. The lowest BCUT2D eigenvalue weighted by molar-refractivity contribution is 0.0633. The normalized spacial score (nSPS) is 21.6. The Balaban J connectivity index is 0.00000320. The van der Waals surface area contributed by atoms with Crippen molar-refractivity contribution in [1.82, 2.24) is 9.13 Å². The molecule has 168 valence electrons. The number of hydrogen-bond acceptors (Lipinski definition) is 4. The number of carbonyl (C=O) groups is 1. The van der Waals surface area contributed by atoms with Gasteiger partial charge in [-0.2, -0.15) is 13.5 Å². The first kappa shape index (κ1) is 24.5. The van der Waals surface area contributed by atoms with Crippen LogP contribution >= 0.6 is 13.5 Å². The number of fused-ring (bicyclic) bond motifs is 1. The van der Waals surface area contributed by atoms with Crippen molar-refractivity contribution in [3.63, 3.8) is 0 Å². The smallest absolute Gasteiger partial charge is 0.336 e. The summed E-state index contributed by atoms with van der Waals surface area (Å²) in [5.74, 6) is 1.75. The highest BCUT2D eigenvalue weighted by molar-refractivity contribution is 7.59. The van der Waals surface area contributed by atoms with Gasteiger partial charge in [0.25, 0.3) is 0 Å². The highest BCUT2D eigenvalue weighted by atomic mass is 32.1. The number of rotatable bonds is 7. The van der Waals surface area contributed by atoms with Crippen LogP contribution in [0.15, 0.2) is 23.0 Å². The Bertz CT molecular complexity index is 918. The summed E-state index contributed by atoms with van der Waals surface area (Å²) in [5.41, 5.74) is 6.84. The molecule has 30 heavy (non-hydrogen) atoms. The van der Waals surface area contributed by atoms with E-state index in [4.69, 9.17) is 10.5 Å². The zero-order valence-electron chi connectivity index (χ0n) is 18.7. The van der Waals surface area contributed by atoms with Crippen molar-refractivity contribution in [2.45, 2.75) is 59.9 Å². The van der Waals surface area contributed by atoms with Gasteiger partial charge in [-0.3, -0.25) is 9.36 Å². The maximum absolute atomic E-state index is 13.7. The highest BCUT2D eigenvalue weighted by Crippen LogP contribution is 2.39. The van der Waals surface area contributed by atoms with Gasteiger partial charge in [-0.05, 0) is 49.1 Å². The predicted molar refractivity (Wildman–Crippen MR) is 127 cm³/mol. The van der Waals surface area contributed by atoms with E-state index in [1.807, 2.05) is 25.1 Å². The fourth-order valence-electron chi connectivity index (χ4n) is 4.76. The zero-order chi connectivity index (χ0) is 21.1. The Hall–Kier alpha value is -1.73. The number of imidazole rings is 1. The third-order valence-electron chi connectivity index (χ3n) is 6.29. The molecule has 2 N–H and O–H groups in total. The molecule has 1 aromatic heterocycles. The van der Waals surface area contributed by atoms with Gasteiger partial charge in [-0.25, -0.2) is 9.36 Å².